The van der Waals surface area contributed by atoms with E-state index in [9.17, 15) is 13.6 Å². The lowest BCUT2D eigenvalue weighted by molar-refractivity contribution is 0.102. The maximum atomic E-state index is 13.9. The van der Waals surface area contributed by atoms with Crippen molar-refractivity contribution in [2.24, 2.45) is 0 Å². The Hall–Kier alpha value is -3.81. The summed E-state index contributed by atoms with van der Waals surface area (Å²) in [6.45, 7) is 3.22. The molecule has 0 aliphatic rings. The average molecular weight is 408 g/mol. The summed E-state index contributed by atoms with van der Waals surface area (Å²) < 4.78 is 35.0. The number of hydrogen-bond donors (Lipinski definition) is 1. The molecule has 4 aromatic rings. The monoisotopic (exact) mass is 408 g/mol. The highest BCUT2D eigenvalue weighted by atomic mass is 19.1. The van der Waals surface area contributed by atoms with E-state index in [1.807, 2.05) is 13.0 Å². The molecule has 1 amide bonds. The van der Waals surface area contributed by atoms with Gasteiger partial charge in [0.05, 0.1) is 11.3 Å². The minimum atomic E-state index is -0.688. The zero-order valence-corrected chi connectivity index (χ0v) is 16.3. The third kappa shape index (κ3) is 3.71. The quantitative estimate of drug-likeness (QED) is 0.530. The van der Waals surface area contributed by atoms with Crippen LogP contribution in [0.1, 0.15) is 27.4 Å². The maximum absolute atomic E-state index is 13.9. The summed E-state index contributed by atoms with van der Waals surface area (Å²) in [5, 5.41) is 2.76. The van der Waals surface area contributed by atoms with Gasteiger partial charge in [0.2, 0.25) is 0 Å². The van der Waals surface area contributed by atoms with Crippen LogP contribution in [0.3, 0.4) is 0 Å². The van der Waals surface area contributed by atoms with Crippen molar-refractivity contribution < 1.29 is 18.3 Å². The zero-order chi connectivity index (χ0) is 21.3. The molecule has 0 fully saturated rings. The molecular weight excluding hydrogens is 390 g/mol. The Morgan fingerprint density at radius 1 is 1.03 bits per heavy atom. The van der Waals surface area contributed by atoms with Gasteiger partial charge in [-0.15, -0.1) is 0 Å². The maximum Gasteiger partial charge on any atom is 0.275 e. The topological polar surface area (TPSA) is 68.5 Å². The van der Waals surface area contributed by atoms with E-state index in [1.165, 1.54) is 18.2 Å². The van der Waals surface area contributed by atoms with Gasteiger partial charge in [0.25, 0.3) is 5.91 Å². The number of fused-ring (bicyclic) bond motifs is 1. The Morgan fingerprint density at radius 2 is 1.77 bits per heavy atom. The van der Waals surface area contributed by atoms with Gasteiger partial charge in [0.1, 0.15) is 29.8 Å². The second-order valence-electron chi connectivity index (χ2n) is 6.72. The van der Waals surface area contributed by atoms with Crippen molar-refractivity contribution in [1.29, 1.82) is 0 Å². The Balaban J connectivity index is 1.64. The van der Waals surface area contributed by atoms with Crippen LogP contribution in [0.15, 0.2) is 54.7 Å². The van der Waals surface area contributed by atoms with Gasteiger partial charge in [-0.25, -0.2) is 18.7 Å². The molecule has 152 valence electrons. The van der Waals surface area contributed by atoms with Crippen LogP contribution < -0.4 is 10.1 Å². The summed E-state index contributed by atoms with van der Waals surface area (Å²) in [6, 6.07) is 12.3. The van der Waals surface area contributed by atoms with Crippen molar-refractivity contribution in [2.45, 2.75) is 20.5 Å². The van der Waals surface area contributed by atoms with E-state index in [1.54, 1.807) is 41.8 Å². The molecule has 8 heteroatoms. The number of pyridine rings is 2. The lowest BCUT2D eigenvalue weighted by Gasteiger charge is -2.10. The van der Waals surface area contributed by atoms with Gasteiger partial charge < -0.3 is 10.1 Å². The van der Waals surface area contributed by atoms with Gasteiger partial charge in [-0.05, 0) is 50.2 Å². The molecule has 1 N–H and O–H groups in total. The molecule has 0 aliphatic heterocycles. The first-order chi connectivity index (χ1) is 14.4. The summed E-state index contributed by atoms with van der Waals surface area (Å²) >= 11 is 0. The van der Waals surface area contributed by atoms with Crippen LogP contribution in [-0.4, -0.2) is 20.3 Å². The lowest BCUT2D eigenvalue weighted by atomic mass is 10.2. The number of anilines is 1. The number of hydrogen-bond acceptors (Lipinski definition) is 4. The Morgan fingerprint density at radius 3 is 2.50 bits per heavy atom. The van der Waals surface area contributed by atoms with Crippen LogP contribution in [0.2, 0.25) is 0 Å². The fraction of sp³-hybridized carbons (Fsp3) is 0.136. The number of carbonyl (C=O) groups excluding carboxylic acids is 1. The molecule has 0 saturated heterocycles. The largest absolute Gasteiger partial charge is 0.485 e. The van der Waals surface area contributed by atoms with Gasteiger partial charge in [0, 0.05) is 11.9 Å². The van der Waals surface area contributed by atoms with E-state index in [0.717, 1.165) is 5.69 Å². The predicted molar refractivity (Wildman–Crippen MR) is 108 cm³/mol. The molecule has 3 aromatic heterocycles. The number of aryl methyl sites for hydroxylation is 2. The Labute approximate surface area is 171 Å². The van der Waals surface area contributed by atoms with Crippen LogP contribution in [0.4, 0.5) is 14.6 Å². The summed E-state index contributed by atoms with van der Waals surface area (Å²) in [5.41, 5.74) is 1.77. The third-order valence-electron chi connectivity index (χ3n) is 4.57. The molecule has 4 rings (SSSR count). The first-order valence-corrected chi connectivity index (χ1v) is 9.22. The molecule has 1 aromatic carbocycles. The standard InChI is InChI=1S/C22H18F2N4O2/c1-13-6-3-10-19(25-13)27-22(29)20-14(2)26-21-18(9-5-11-28(20)21)30-12-15-16(23)7-4-8-17(15)24/h3-11H,12H2,1-2H3,(H,25,27,29). The molecule has 30 heavy (non-hydrogen) atoms. The normalized spacial score (nSPS) is 10.9. The molecule has 0 spiro atoms. The highest BCUT2D eigenvalue weighted by Crippen LogP contribution is 2.24. The number of aromatic nitrogens is 3. The van der Waals surface area contributed by atoms with Crippen LogP contribution >= 0.6 is 0 Å². The molecule has 3 heterocycles. The molecule has 0 atom stereocenters. The van der Waals surface area contributed by atoms with Crippen molar-refractivity contribution >= 4 is 17.4 Å². The van der Waals surface area contributed by atoms with E-state index >= 15 is 0 Å². The number of imidazole rings is 1. The zero-order valence-electron chi connectivity index (χ0n) is 16.3. The molecule has 0 saturated carbocycles. The number of nitrogens with zero attached hydrogens (tertiary/aromatic N) is 3. The van der Waals surface area contributed by atoms with Gasteiger partial charge in [-0.1, -0.05) is 12.1 Å². The Bertz CT molecular complexity index is 1230. The fourth-order valence-corrected chi connectivity index (χ4v) is 3.15. The van der Waals surface area contributed by atoms with Crippen molar-refractivity contribution in [3.8, 4) is 5.75 Å². The van der Waals surface area contributed by atoms with Crippen LogP contribution in [0.25, 0.3) is 5.65 Å². The van der Waals surface area contributed by atoms with Gasteiger partial charge in [-0.3, -0.25) is 9.20 Å². The number of nitrogens with one attached hydrogen (secondary N) is 1. The van der Waals surface area contributed by atoms with Crippen LogP contribution in [0, 0.1) is 25.5 Å². The minimum Gasteiger partial charge on any atom is -0.485 e. The van der Waals surface area contributed by atoms with E-state index in [0.29, 0.717) is 28.6 Å². The van der Waals surface area contributed by atoms with E-state index in [2.05, 4.69) is 15.3 Å². The SMILES string of the molecule is Cc1cccc(NC(=O)c2c(C)nc3c(OCc4c(F)cccc4F)cccn23)n1. The summed E-state index contributed by atoms with van der Waals surface area (Å²) in [5.74, 6) is -1.03. The first-order valence-electron chi connectivity index (χ1n) is 9.22. The van der Waals surface area contributed by atoms with Crippen molar-refractivity contribution in [2.75, 3.05) is 5.32 Å². The van der Waals surface area contributed by atoms with Gasteiger partial charge >= 0.3 is 0 Å². The first kappa shape index (κ1) is 19.5. The van der Waals surface area contributed by atoms with Crippen LogP contribution in [0.5, 0.6) is 5.75 Å². The summed E-state index contributed by atoms with van der Waals surface area (Å²) in [7, 11) is 0. The molecular formula is C22H18F2N4O2. The van der Waals surface area contributed by atoms with E-state index in [-0.39, 0.29) is 18.1 Å². The second kappa shape index (κ2) is 7.90. The lowest BCUT2D eigenvalue weighted by Crippen LogP contribution is -2.16. The number of amides is 1. The molecule has 0 aliphatic carbocycles. The second-order valence-corrected chi connectivity index (χ2v) is 6.72. The number of halogens is 2. The van der Waals surface area contributed by atoms with Gasteiger partial charge in [0.15, 0.2) is 11.4 Å². The highest BCUT2D eigenvalue weighted by molar-refractivity contribution is 6.04. The minimum absolute atomic E-state index is 0.175. The van der Waals surface area contributed by atoms with Gasteiger partial charge in [-0.2, -0.15) is 0 Å². The number of carbonyl (C=O) groups is 1. The summed E-state index contributed by atoms with van der Waals surface area (Å²) in [4.78, 5) is 21.5. The third-order valence-corrected chi connectivity index (χ3v) is 4.57. The van der Waals surface area contributed by atoms with Crippen molar-refractivity contribution in [3.63, 3.8) is 0 Å². The Kier molecular flexibility index (Phi) is 5.14. The summed E-state index contributed by atoms with van der Waals surface area (Å²) in [6.07, 6.45) is 1.67. The van der Waals surface area contributed by atoms with E-state index < -0.39 is 11.6 Å². The van der Waals surface area contributed by atoms with Crippen molar-refractivity contribution in [3.05, 3.63) is 89.0 Å². The smallest absolute Gasteiger partial charge is 0.275 e. The number of rotatable bonds is 5. The van der Waals surface area contributed by atoms with E-state index in [4.69, 9.17) is 4.74 Å². The molecule has 0 unspecified atom stereocenters. The number of benzene rings is 1. The molecule has 0 radical (unpaired) electrons. The molecule has 6 nitrogen and oxygen atoms in total. The van der Waals surface area contributed by atoms with Crippen LogP contribution in [-0.2, 0) is 6.61 Å². The fourth-order valence-electron chi connectivity index (χ4n) is 3.15. The average Bonchev–Trinajstić information content (AvgIpc) is 3.04. The predicted octanol–water partition coefficient (Wildman–Crippen LogP) is 4.46. The highest BCUT2D eigenvalue weighted by Gasteiger charge is 2.20. The number of ether oxygens (including phenoxy) is 1. The van der Waals surface area contributed by atoms with Crippen molar-refractivity contribution in [1.82, 2.24) is 14.4 Å². The molecule has 0 bridgehead atoms.